The zero-order valence-corrected chi connectivity index (χ0v) is 10.8. The smallest absolute Gasteiger partial charge is 0.257 e. The molecular weight excluding hydrogens is 244 g/mol. The molecule has 6 nitrogen and oxygen atoms in total. The first-order valence-corrected chi connectivity index (χ1v) is 5.85. The molecule has 6 heteroatoms. The third-order valence-corrected chi connectivity index (χ3v) is 2.88. The fourth-order valence-corrected chi connectivity index (χ4v) is 1.73. The quantitative estimate of drug-likeness (QED) is 0.776. The van der Waals surface area contributed by atoms with E-state index in [1.54, 1.807) is 7.11 Å². The van der Waals surface area contributed by atoms with Gasteiger partial charge in [-0.25, -0.2) is 0 Å². The van der Waals surface area contributed by atoms with Gasteiger partial charge in [0.1, 0.15) is 17.1 Å². The number of hydrogen-bond acceptors (Lipinski definition) is 4. The van der Waals surface area contributed by atoms with Gasteiger partial charge < -0.3 is 15.8 Å². The molecule has 2 aromatic rings. The Morgan fingerprint density at radius 2 is 2.11 bits per heavy atom. The molecule has 0 aliphatic heterocycles. The van der Waals surface area contributed by atoms with Gasteiger partial charge in [-0.3, -0.25) is 9.89 Å². The second-order valence-electron chi connectivity index (χ2n) is 4.17. The van der Waals surface area contributed by atoms with Crippen LogP contribution >= 0.6 is 0 Å². The number of anilines is 1. The fourth-order valence-electron chi connectivity index (χ4n) is 1.73. The van der Waals surface area contributed by atoms with Crippen LogP contribution in [-0.2, 0) is 0 Å². The minimum atomic E-state index is -0.255. The van der Waals surface area contributed by atoms with E-state index < -0.39 is 0 Å². The summed E-state index contributed by atoms with van der Waals surface area (Å²) in [6.07, 6.45) is 1.41. The number of ether oxygens (including phenoxy) is 1. The van der Waals surface area contributed by atoms with E-state index >= 15 is 0 Å². The average molecular weight is 260 g/mol. The number of carbonyl (C=O) groups is 1. The molecular formula is C13H16N4O2. The summed E-state index contributed by atoms with van der Waals surface area (Å²) in [5.74, 6) is 0.787. The normalized spacial score (nSPS) is 11.9. The summed E-state index contributed by atoms with van der Waals surface area (Å²) in [6.45, 7) is 1.90. The summed E-state index contributed by atoms with van der Waals surface area (Å²) >= 11 is 0. The Morgan fingerprint density at radius 3 is 2.63 bits per heavy atom. The Morgan fingerprint density at radius 1 is 1.42 bits per heavy atom. The zero-order valence-electron chi connectivity index (χ0n) is 10.8. The molecule has 0 bridgehead atoms. The van der Waals surface area contributed by atoms with E-state index in [2.05, 4.69) is 15.5 Å². The van der Waals surface area contributed by atoms with Gasteiger partial charge in [0.05, 0.1) is 19.3 Å². The lowest BCUT2D eigenvalue weighted by molar-refractivity contribution is 0.0941. The van der Waals surface area contributed by atoms with Crippen molar-refractivity contribution >= 4 is 11.7 Å². The van der Waals surface area contributed by atoms with Gasteiger partial charge in [-0.1, -0.05) is 12.1 Å². The summed E-state index contributed by atoms with van der Waals surface area (Å²) in [6, 6.07) is 7.38. The molecule has 0 aliphatic rings. The van der Waals surface area contributed by atoms with Crippen molar-refractivity contribution < 1.29 is 9.53 Å². The number of nitrogens with zero attached hydrogens (tertiary/aromatic N) is 1. The second kappa shape index (κ2) is 5.43. The van der Waals surface area contributed by atoms with E-state index in [-0.39, 0.29) is 17.8 Å². The molecule has 1 amide bonds. The molecule has 1 unspecified atom stereocenters. The average Bonchev–Trinajstić information content (AvgIpc) is 2.85. The van der Waals surface area contributed by atoms with E-state index in [1.807, 2.05) is 31.2 Å². The number of aromatic nitrogens is 2. The van der Waals surface area contributed by atoms with Crippen molar-refractivity contribution in [3.8, 4) is 5.75 Å². The van der Waals surface area contributed by atoms with Crippen molar-refractivity contribution in [2.75, 3.05) is 12.8 Å². The first-order valence-electron chi connectivity index (χ1n) is 5.85. The number of nitrogens with two attached hydrogens (primary N) is 1. The van der Waals surface area contributed by atoms with Gasteiger partial charge in [-0.15, -0.1) is 0 Å². The van der Waals surface area contributed by atoms with E-state index in [4.69, 9.17) is 10.5 Å². The lowest BCUT2D eigenvalue weighted by Gasteiger charge is -2.14. The number of carbonyl (C=O) groups excluding carboxylic acids is 1. The molecule has 1 aromatic heterocycles. The Balaban J connectivity index is 2.06. The monoisotopic (exact) mass is 260 g/mol. The van der Waals surface area contributed by atoms with Crippen LogP contribution in [0, 0.1) is 0 Å². The third kappa shape index (κ3) is 2.85. The zero-order chi connectivity index (χ0) is 13.8. The molecule has 4 N–H and O–H groups in total. The lowest BCUT2D eigenvalue weighted by Crippen LogP contribution is -2.26. The first kappa shape index (κ1) is 12.9. The lowest BCUT2D eigenvalue weighted by atomic mass is 10.1. The van der Waals surface area contributed by atoms with Gasteiger partial charge in [-0.2, -0.15) is 5.10 Å². The minimum Gasteiger partial charge on any atom is -0.497 e. The second-order valence-corrected chi connectivity index (χ2v) is 4.17. The van der Waals surface area contributed by atoms with Crippen LogP contribution in [0.5, 0.6) is 5.75 Å². The first-order chi connectivity index (χ1) is 9.11. The molecule has 0 radical (unpaired) electrons. The molecule has 0 aliphatic carbocycles. The number of rotatable bonds is 4. The highest BCUT2D eigenvalue weighted by atomic mass is 16.5. The van der Waals surface area contributed by atoms with Crippen LogP contribution in [0.25, 0.3) is 0 Å². The maximum absolute atomic E-state index is 12.0. The van der Waals surface area contributed by atoms with E-state index in [1.165, 1.54) is 6.20 Å². The maximum atomic E-state index is 12.0. The topological polar surface area (TPSA) is 93.0 Å². The van der Waals surface area contributed by atoms with Crippen LogP contribution in [0.3, 0.4) is 0 Å². The molecule has 100 valence electrons. The van der Waals surface area contributed by atoms with Gasteiger partial charge in [0, 0.05) is 0 Å². The van der Waals surface area contributed by atoms with Crippen molar-refractivity contribution in [2.24, 2.45) is 0 Å². The number of H-pyrrole nitrogens is 1. The highest BCUT2D eigenvalue weighted by Gasteiger charge is 2.15. The van der Waals surface area contributed by atoms with Crippen LogP contribution in [0.2, 0.25) is 0 Å². The Bertz CT molecular complexity index is 562. The van der Waals surface area contributed by atoms with Crippen LogP contribution < -0.4 is 15.8 Å². The number of nitrogen functional groups attached to an aromatic ring is 1. The van der Waals surface area contributed by atoms with E-state index in [0.29, 0.717) is 5.56 Å². The molecule has 2 rings (SSSR count). The van der Waals surface area contributed by atoms with Crippen LogP contribution in [0.15, 0.2) is 30.5 Å². The SMILES string of the molecule is COc1ccc(C(C)NC(=O)c2cn[nH]c2N)cc1. The molecule has 0 saturated heterocycles. The minimum absolute atomic E-state index is 0.132. The molecule has 1 heterocycles. The number of methoxy groups -OCH3 is 1. The largest absolute Gasteiger partial charge is 0.497 e. The Kier molecular flexibility index (Phi) is 3.70. The Hall–Kier alpha value is -2.50. The number of amides is 1. The number of aromatic amines is 1. The van der Waals surface area contributed by atoms with Crippen LogP contribution in [0.1, 0.15) is 28.9 Å². The van der Waals surface area contributed by atoms with Crippen molar-refractivity contribution in [1.29, 1.82) is 0 Å². The summed E-state index contributed by atoms with van der Waals surface area (Å²) < 4.78 is 5.09. The van der Waals surface area contributed by atoms with Crippen LogP contribution in [0.4, 0.5) is 5.82 Å². The van der Waals surface area contributed by atoms with Gasteiger partial charge in [-0.05, 0) is 24.6 Å². The van der Waals surface area contributed by atoms with Gasteiger partial charge in [0.2, 0.25) is 0 Å². The highest BCUT2D eigenvalue weighted by molar-refractivity contribution is 5.98. The van der Waals surface area contributed by atoms with Crippen LogP contribution in [-0.4, -0.2) is 23.2 Å². The van der Waals surface area contributed by atoms with Crippen molar-refractivity contribution in [1.82, 2.24) is 15.5 Å². The predicted molar refractivity (Wildman–Crippen MR) is 71.9 cm³/mol. The van der Waals surface area contributed by atoms with E-state index in [9.17, 15) is 4.79 Å². The highest BCUT2D eigenvalue weighted by Crippen LogP contribution is 2.18. The molecule has 1 atom stereocenters. The number of benzene rings is 1. The van der Waals surface area contributed by atoms with Gasteiger partial charge >= 0.3 is 0 Å². The number of hydrogen-bond donors (Lipinski definition) is 3. The summed E-state index contributed by atoms with van der Waals surface area (Å²) in [7, 11) is 1.61. The van der Waals surface area contributed by atoms with Crippen molar-refractivity contribution in [2.45, 2.75) is 13.0 Å². The Labute approximate surface area is 111 Å². The molecule has 19 heavy (non-hydrogen) atoms. The van der Waals surface area contributed by atoms with Gasteiger partial charge in [0.15, 0.2) is 0 Å². The summed E-state index contributed by atoms with van der Waals surface area (Å²) in [4.78, 5) is 12.0. The van der Waals surface area contributed by atoms with Gasteiger partial charge in [0.25, 0.3) is 5.91 Å². The third-order valence-electron chi connectivity index (χ3n) is 2.88. The predicted octanol–water partition coefficient (Wildman–Crippen LogP) is 1.49. The maximum Gasteiger partial charge on any atom is 0.257 e. The molecule has 0 spiro atoms. The van der Waals surface area contributed by atoms with Crippen molar-refractivity contribution in [3.63, 3.8) is 0 Å². The molecule has 0 fully saturated rings. The summed E-state index contributed by atoms with van der Waals surface area (Å²) in [5.41, 5.74) is 6.93. The molecule has 1 aromatic carbocycles. The standard InChI is InChI=1S/C13H16N4O2/c1-8(9-3-5-10(19-2)6-4-9)16-13(18)11-7-15-17-12(11)14/h3-8H,1-2H3,(H,16,18)(H3,14,15,17). The fraction of sp³-hybridized carbons (Fsp3) is 0.231. The summed E-state index contributed by atoms with van der Waals surface area (Å²) in [5, 5.41) is 9.10. The number of nitrogens with one attached hydrogen (secondary N) is 2. The van der Waals surface area contributed by atoms with Crippen molar-refractivity contribution in [3.05, 3.63) is 41.6 Å². The molecule has 0 saturated carbocycles. The van der Waals surface area contributed by atoms with E-state index in [0.717, 1.165) is 11.3 Å².